The van der Waals surface area contributed by atoms with Gasteiger partial charge in [0, 0.05) is 24.9 Å². The summed E-state index contributed by atoms with van der Waals surface area (Å²) in [4.78, 5) is 2.13. The molecule has 0 spiro atoms. The maximum atomic E-state index is 13.5. The molecule has 0 bridgehead atoms. The van der Waals surface area contributed by atoms with Gasteiger partial charge in [0.1, 0.15) is 28.3 Å². The summed E-state index contributed by atoms with van der Waals surface area (Å²) in [5.74, 6) is 1.32. The molecule has 2 aliphatic rings. The van der Waals surface area contributed by atoms with Crippen LogP contribution in [-0.2, 0) is 19.5 Å². The van der Waals surface area contributed by atoms with Gasteiger partial charge in [-0.3, -0.25) is 0 Å². The quantitative estimate of drug-likeness (QED) is 0.493. The van der Waals surface area contributed by atoms with E-state index in [9.17, 15) is 9.65 Å². The van der Waals surface area contributed by atoms with Crippen molar-refractivity contribution in [3.8, 4) is 6.07 Å². The van der Waals surface area contributed by atoms with Crippen molar-refractivity contribution in [1.82, 2.24) is 19.7 Å². The van der Waals surface area contributed by atoms with Crippen molar-refractivity contribution in [2.24, 2.45) is 0 Å². The molecular weight excluding hydrogens is 421 g/mol. The van der Waals surface area contributed by atoms with E-state index in [0.29, 0.717) is 17.9 Å². The van der Waals surface area contributed by atoms with Crippen LogP contribution in [0, 0.1) is 17.1 Å². The number of benzene rings is 2. The van der Waals surface area contributed by atoms with E-state index in [1.165, 1.54) is 23.9 Å². The highest BCUT2D eigenvalue weighted by Gasteiger charge is 2.29. The molecular formula is C25H22FN5S. The number of nitrogens with zero attached hydrogens (tertiary/aromatic N) is 5. The van der Waals surface area contributed by atoms with Crippen LogP contribution >= 0.6 is 11.8 Å². The first kappa shape index (κ1) is 20.5. The first-order valence-electron chi connectivity index (χ1n) is 10.8. The van der Waals surface area contributed by atoms with Gasteiger partial charge in [0.05, 0.1) is 5.70 Å². The number of fused-ring (bicyclic) bond motifs is 1. The summed E-state index contributed by atoms with van der Waals surface area (Å²) in [5, 5.41) is 21.9. The van der Waals surface area contributed by atoms with Crippen LogP contribution in [0.3, 0.4) is 0 Å². The molecule has 160 valence electrons. The number of nitriles is 1. The van der Waals surface area contributed by atoms with Crippen molar-refractivity contribution in [2.45, 2.75) is 38.8 Å². The van der Waals surface area contributed by atoms with E-state index in [4.69, 9.17) is 0 Å². The van der Waals surface area contributed by atoms with Gasteiger partial charge in [-0.2, -0.15) is 5.26 Å². The first-order valence-corrected chi connectivity index (χ1v) is 11.6. The van der Waals surface area contributed by atoms with Crippen LogP contribution in [0.15, 0.2) is 65.0 Å². The lowest BCUT2D eigenvalue weighted by molar-refractivity contribution is 0.521. The molecule has 0 amide bonds. The minimum Gasteiger partial charge on any atom is -0.329 e. The van der Waals surface area contributed by atoms with Crippen LogP contribution in [-0.4, -0.2) is 19.7 Å². The molecule has 32 heavy (non-hydrogen) atoms. The lowest BCUT2D eigenvalue weighted by Crippen LogP contribution is -2.18. The van der Waals surface area contributed by atoms with Gasteiger partial charge in [0.15, 0.2) is 5.82 Å². The van der Waals surface area contributed by atoms with Crippen molar-refractivity contribution in [1.29, 1.82) is 5.26 Å². The Kier molecular flexibility index (Phi) is 5.78. The van der Waals surface area contributed by atoms with Crippen LogP contribution in [0.2, 0.25) is 0 Å². The molecule has 0 aliphatic carbocycles. The zero-order valence-electron chi connectivity index (χ0n) is 17.5. The highest BCUT2D eigenvalue weighted by Crippen LogP contribution is 2.44. The molecule has 1 aromatic heterocycles. The summed E-state index contributed by atoms with van der Waals surface area (Å²) in [6.07, 6.45) is 4.21. The molecule has 0 saturated carbocycles. The fourth-order valence-electron chi connectivity index (χ4n) is 4.17. The number of hydrogen-bond donors (Lipinski definition) is 0. The van der Waals surface area contributed by atoms with E-state index in [-0.39, 0.29) is 5.82 Å². The number of aromatic nitrogens is 3. The monoisotopic (exact) mass is 443 g/mol. The maximum absolute atomic E-state index is 13.5. The average molecular weight is 444 g/mol. The Morgan fingerprint density at radius 2 is 1.84 bits per heavy atom. The van der Waals surface area contributed by atoms with Crippen LogP contribution in [0.5, 0.6) is 0 Å². The van der Waals surface area contributed by atoms with Crippen molar-refractivity contribution >= 4 is 23.0 Å². The average Bonchev–Trinajstić information content (AvgIpc) is 3.32. The van der Waals surface area contributed by atoms with Gasteiger partial charge in [-0.1, -0.05) is 48.5 Å². The highest BCUT2D eigenvalue weighted by molar-refractivity contribution is 8.06. The second-order valence-corrected chi connectivity index (χ2v) is 8.75. The van der Waals surface area contributed by atoms with Gasteiger partial charge >= 0.3 is 0 Å². The fourth-order valence-corrected chi connectivity index (χ4v) is 5.20. The van der Waals surface area contributed by atoms with Gasteiger partial charge in [-0.05, 0) is 48.2 Å². The largest absolute Gasteiger partial charge is 0.329 e. The Balaban J connectivity index is 1.60. The number of hydrogen-bond acceptors (Lipinski definition) is 5. The molecule has 5 nitrogen and oxygen atoms in total. The minimum absolute atomic E-state index is 0.269. The van der Waals surface area contributed by atoms with Crippen LogP contribution < -0.4 is 0 Å². The van der Waals surface area contributed by atoms with E-state index in [2.05, 4.69) is 37.9 Å². The molecule has 3 aromatic rings. The molecule has 0 radical (unpaired) electrons. The van der Waals surface area contributed by atoms with Gasteiger partial charge in [-0.15, -0.1) is 10.2 Å². The molecule has 3 heterocycles. The highest BCUT2D eigenvalue weighted by atomic mass is 32.2. The predicted molar refractivity (Wildman–Crippen MR) is 124 cm³/mol. The van der Waals surface area contributed by atoms with Gasteiger partial charge in [0.25, 0.3) is 0 Å². The number of rotatable bonds is 4. The molecule has 2 aliphatic heterocycles. The summed E-state index contributed by atoms with van der Waals surface area (Å²) in [7, 11) is 0. The van der Waals surface area contributed by atoms with Crippen LogP contribution in [0.1, 0.15) is 42.0 Å². The third kappa shape index (κ3) is 3.94. The summed E-state index contributed by atoms with van der Waals surface area (Å²) < 4.78 is 15.7. The second kappa shape index (κ2) is 9.01. The second-order valence-electron chi connectivity index (χ2n) is 7.89. The van der Waals surface area contributed by atoms with Gasteiger partial charge < -0.3 is 9.47 Å². The number of halogens is 1. The fraction of sp³-hybridized carbons (Fsp3) is 0.240. The van der Waals surface area contributed by atoms with Crippen molar-refractivity contribution in [3.05, 3.63) is 93.6 Å². The first-order chi connectivity index (χ1) is 15.7. The minimum atomic E-state index is -0.269. The summed E-state index contributed by atoms with van der Waals surface area (Å²) in [6, 6.07) is 19.0. The van der Waals surface area contributed by atoms with Crippen LogP contribution in [0.25, 0.3) is 11.3 Å². The molecule has 0 atom stereocenters. The standard InChI is InChI=1S/C25H22FN5S/c26-20-12-10-19(11-13-20)22-17-32-25(31(22)16-18-7-3-1-4-8-18)21(15-27)24-29-28-23-9-5-2-6-14-30(23)24/h1,3-4,7-8,10-13,17H,2,5-6,9,14,16H2/b25-21-. The van der Waals surface area contributed by atoms with Gasteiger partial charge in [-0.25, -0.2) is 4.39 Å². The Hall–Kier alpha value is -3.37. The third-order valence-electron chi connectivity index (χ3n) is 5.80. The molecule has 0 fully saturated rings. The summed E-state index contributed by atoms with van der Waals surface area (Å²) >= 11 is 1.51. The Labute approximate surface area is 190 Å². The molecule has 2 aromatic carbocycles. The molecule has 0 unspecified atom stereocenters. The van der Waals surface area contributed by atoms with E-state index in [1.54, 1.807) is 12.1 Å². The maximum Gasteiger partial charge on any atom is 0.177 e. The van der Waals surface area contributed by atoms with Crippen molar-refractivity contribution in [2.75, 3.05) is 0 Å². The number of thioether (sulfide) groups is 1. The smallest absolute Gasteiger partial charge is 0.177 e. The topological polar surface area (TPSA) is 57.7 Å². The van der Waals surface area contributed by atoms with E-state index >= 15 is 0 Å². The molecule has 7 heteroatoms. The van der Waals surface area contributed by atoms with E-state index < -0.39 is 0 Å². The lowest BCUT2D eigenvalue weighted by Gasteiger charge is -2.25. The third-order valence-corrected chi connectivity index (χ3v) is 6.79. The van der Waals surface area contributed by atoms with E-state index in [0.717, 1.165) is 59.9 Å². The number of allylic oxidation sites excluding steroid dienone is 1. The summed E-state index contributed by atoms with van der Waals surface area (Å²) in [5.41, 5.74) is 3.50. The van der Waals surface area contributed by atoms with Gasteiger partial charge in [0.2, 0.25) is 0 Å². The van der Waals surface area contributed by atoms with Crippen molar-refractivity contribution < 1.29 is 4.39 Å². The van der Waals surface area contributed by atoms with E-state index in [1.807, 2.05) is 23.6 Å². The SMILES string of the molecule is N#C/C(=C1/SC=C(c2ccc(F)cc2)N1Cc1ccccc1)c1nnc2n1CCCCC2. The predicted octanol–water partition coefficient (Wildman–Crippen LogP) is 5.58. The lowest BCUT2D eigenvalue weighted by atomic mass is 10.1. The van der Waals surface area contributed by atoms with Crippen molar-refractivity contribution in [3.63, 3.8) is 0 Å². The Morgan fingerprint density at radius 1 is 1.03 bits per heavy atom. The Morgan fingerprint density at radius 3 is 2.62 bits per heavy atom. The molecule has 0 N–H and O–H groups in total. The normalized spacial score (nSPS) is 17.4. The van der Waals surface area contributed by atoms with Crippen LogP contribution in [0.4, 0.5) is 4.39 Å². The summed E-state index contributed by atoms with van der Waals surface area (Å²) in [6.45, 7) is 1.43. The zero-order valence-corrected chi connectivity index (χ0v) is 18.4. The number of aryl methyl sites for hydroxylation is 1. The molecule has 5 rings (SSSR count). The zero-order chi connectivity index (χ0) is 21.9. The molecule has 0 saturated heterocycles. The Bertz CT molecular complexity index is 1220.